The minimum Gasteiger partial charge on any atom is -0.497 e. The molecule has 0 atom stereocenters. The maximum absolute atomic E-state index is 5.21. The summed E-state index contributed by atoms with van der Waals surface area (Å²) < 4.78 is 5.21. The molecule has 92 valence electrons. The minimum atomic E-state index is 0.252. The zero-order valence-electron chi connectivity index (χ0n) is 10.7. The highest BCUT2D eigenvalue weighted by atomic mass is 16.5. The molecule has 0 heterocycles. The predicted octanol–water partition coefficient (Wildman–Crippen LogP) is 2.89. The smallest absolute Gasteiger partial charge is 0.118 e. The Hall–Kier alpha value is -1.28. The molecule has 2 nitrogen and oxygen atoms in total. The highest BCUT2D eigenvalue weighted by Gasteiger charge is 2.32. The molecule has 0 aromatic heterocycles. The van der Waals surface area contributed by atoms with Gasteiger partial charge in [-0.05, 0) is 37.1 Å². The first-order chi connectivity index (χ1) is 8.30. The van der Waals surface area contributed by atoms with Crippen LogP contribution in [0.15, 0.2) is 36.4 Å². The van der Waals surface area contributed by atoms with Crippen molar-refractivity contribution < 1.29 is 4.74 Å². The number of methoxy groups -OCH3 is 1. The fraction of sp³-hybridized carbons (Fsp3) is 0.467. The second-order valence-electron chi connectivity index (χ2n) is 4.67. The lowest BCUT2D eigenvalue weighted by molar-refractivity contribution is 0.409. The van der Waals surface area contributed by atoms with E-state index in [4.69, 9.17) is 4.74 Å². The molecule has 0 aliphatic heterocycles. The molecule has 2 heteroatoms. The fourth-order valence-corrected chi connectivity index (χ4v) is 2.49. The molecule has 0 saturated heterocycles. The minimum absolute atomic E-state index is 0.252. The molecule has 0 fully saturated rings. The monoisotopic (exact) mass is 231 g/mol. The Bertz CT molecular complexity index is 372. The Kier molecular flexibility index (Phi) is 3.85. The van der Waals surface area contributed by atoms with E-state index < -0.39 is 0 Å². The molecule has 0 spiro atoms. The summed E-state index contributed by atoms with van der Waals surface area (Å²) in [6, 6.07) is 8.51. The summed E-state index contributed by atoms with van der Waals surface area (Å²) >= 11 is 0. The molecule has 0 amide bonds. The van der Waals surface area contributed by atoms with Crippen LogP contribution in [0.3, 0.4) is 0 Å². The molecule has 1 aliphatic carbocycles. The van der Waals surface area contributed by atoms with Gasteiger partial charge in [-0.1, -0.05) is 31.2 Å². The third-order valence-corrected chi connectivity index (χ3v) is 3.60. The SMILES string of the molecule is CCNCC1(c2ccc(OC)cc2)CC=CC1. The first kappa shape index (κ1) is 12.2. The average Bonchev–Trinajstić information content (AvgIpc) is 2.86. The Balaban J connectivity index is 2.19. The summed E-state index contributed by atoms with van der Waals surface area (Å²) in [4.78, 5) is 0. The van der Waals surface area contributed by atoms with Gasteiger partial charge in [0, 0.05) is 12.0 Å². The van der Waals surface area contributed by atoms with Crippen molar-refractivity contribution in [3.8, 4) is 5.75 Å². The number of benzene rings is 1. The lowest BCUT2D eigenvalue weighted by atomic mass is 9.78. The van der Waals surface area contributed by atoms with Crippen LogP contribution in [-0.2, 0) is 5.41 Å². The van der Waals surface area contributed by atoms with Crippen LogP contribution in [0.1, 0.15) is 25.3 Å². The molecule has 1 aromatic carbocycles. The molecule has 1 aromatic rings. The lowest BCUT2D eigenvalue weighted by Gasteiger charge is -2.30. The fourth-order valence-electron chi connectivity index (χ4n) is 2.49. The maximum Gasteiger partial charge on any atom is 0.118 e. The van der Waals surface area contributed by atoms with Crippen LogP contribution in [0.25, 0.3) is 0 Å². The molecular formula is C15H21NO. The van der Waals surface area contributed by atoms with Crippen LogP contribution in [-0.4, -0.2) is 20.2 Å². The molecule has 17 heavy (non-hydrogen) atoms. The van der Waals surface area contributed by atoms with Gasteiger partial charge in [0.15, 0.2) is 0 Å². The van der Waals surface area contributed by atoms with Crippen molar-refractivity contribution >= 4 is 0 Å². The normalized spacial score (nSPS) is 17.3. The van der Waals surface area contributed by atoms with Gasteiger partial charge >= 0.3 is 0 Å². The van der Waals surface area contributed by atoms with Crippen LogP contribution in [0, 0.1) is 0 Å². The molecule has 0 unspecified atom stereocenters. The van der Waals surface area contributed by atoms with Crippen LogP contribution < -0.4 is 10.1 Å². The van der Waals surface area contributed by atoms with Gasteiger partial charge in [0.1, 0.15) is 5.75 Å². The van der Waals surface area contributed by atoms with E-state index in [0.29, 0.717) is 0 Å². The van der Waals surface area contributed by atoms with Gasteiger partial charge in [-0.25, -0.2) is 0 Å². The highest BCUT2D eigenvalue weighted by Crippen LogP contribution is 2.37. The molecule has 0 bridgehead atoms. The number of hydrogen-bond acceptors (Lipinski definition) is 2. The van der Waals surface area contributed by atoms with Gasteiger partial charge in [0.2, 0.25) is 0 Å². The zero-order valence-corrected chi connectivity index (χ0v) is 10.7. The third kappa shape index (κ3) is 2.52. The van der Waals surface area contributed by atoms with E-state index in [9.17, 15) is 0 Å². The first-order valence-electron chi connectivity index (χ1n) is 6.31. The van der Waals surface area contributed by atoms with Gasteiger partial charge < -0.3 is 10.1 Å². The summed E-state index contributed by atoms with van der Waals surface area (Å²) in [6.45, 7) is 4.23. The van der Waals surface area contributed by atoms with Gasteiger partial charge in [-0.15, -0.1) is 0 Å². The van der Waals surface area contributed by atoms with Crippen molar-refractivity contribution in [2.45, 2.75) is 25.2 Å². The van der Waals surface area contributed by atoms with Crippen LogP contribution in [0.4, 0.5) is 0 Å². The number of likely N-dealkylation sites (N-methyl/N-ethyl adjacent to an activating group) is 1. The largest absolute Gasteiger partial charge is 0.497 e. The van der Waals surface area contributed by atoms with Crippen LogP contribution >= 0.6 is 0 Å². The zero-order chi connectivity index (χ0) is 12.1. The number of nitrogens with one attached hydrogen (secondary N) is 1. The number of ether oxygens (including phenoxy) is 1. The van der Waals surface area contributed by atoms with Crippen molar-refractivity contribution in [3.63, 3.8) is 0 Å². The quantitative estimate of drug-likeness (QED) is 0.787. The second-order valence-corrected chi connectivity index (χ2v) is 4.67. The van der Waals surface area contributed by atoms with E-state index in [0.717, 1.165) is 31.7 Å². The van der Waals surface area contributed by atoms with E-state index >= 15 is 0 Å². The molecule has 2 rings (SSSR count). The molecule has 1 N–H and O–H groups in total. The van der Waals surface area contributed by atoms with Gasteiger partial charge in [-0.3, -0.25) is 0 Å². The molecule has 0 radical (unpaired) electrons. The average molecular weight is 231 g/mol. The number of hydrogen-bond donors (Lipinski definition) is 1. The standard InChI is InChI=1S/C15H21NO/c1-3-16-12-15(10-4-5-11-15)13-6-8-14(17-2)9-7-13/h4-9,16H,3,10-12H2,1-2H3. The maximum atomic E-state index is 5.21. The van der Waals surface area contributed by atoms with E-state index in [2.05, 4.69) is 48.7 Å². The second kappa shape index (κ2) is 5.37. The molecular weight excluding hydrogens is 210 g/mol. The van der Waals surface area contributed by atoms with Crippen LogP contribution in [0.2, 0.25) is 0 Å². The van der Waals surface area contributed by atoms with E-state index in [1.54, 1.807) is 7.11 Å². The summed E-state index contributed by atoms with van der Waals surface area (Å²) in [5.41, 5.74) is 1.66. The van der Waals surface area contributed by atoms with Crippen molar-refractivity contribution in [2.24, 2.45) is 0 Å². The van der Waals surface area contributed by atoms with E-state index in [1.165, 1.54) is 5.56 Å². The third-order valence-electron chi connectivity index (χ3n) is 3.60. The predicted molar refractivity (Wildman–Crippen MR) is 71.6 cm³/mol. The van der Waals surface area contributed by atoms with Gasteiger partial charge in [-0.2, -0.15) is 0 Å². The number of allylic oxidation sites excluding steroid dienone is 2. The van der Waals surface area contributed by atoms with E-state index in [-0.39, 0.29) is 5.41 Å². The molecule has 0 saturated carbocycles. The van der Waals surface area contributed by atoms with Crippen molar-refractivity contribution in [1.29, 1.82) is 0 Å². The Morgan fingerprint density at radius 2 is 1.82 bits per heavy atom. The Labute approximate surface area is 104 Å². The lowest BCUT2D eigenvalue weighted by Crippen LogP contribution is -2.36. The summed E-state index contributed by atoms with van der Waals surface area (Å²) in [5, 5.41) is 3.49. The topological polar surface area (TPSA) is 21.3 Å². The van der Waals surface area contributed by atoms with Crippen molar-refractivity contribution in [1.82, 2.24) is 5.32 Å². The molecule has 1 aliphatic rings. The van der Waals surface area contributed by atoms with Crippen molar-refractivity contribution in [3.05, 3.63) is 42.0 Å². The van der Waals surface area contributed by atoms with Crippen molar-refractivity contribution in [2.75, 3.05) is 20.2 Å². The summed E-state index contributed by atoms with van der Waals surface area (Å²) in [5.74, 6) is 0.929. The Morgan fingerprint density at radius 3 is 2.35 bits per heavy atom. The first-order valence-corrected chi connectivity index (χ1v) is 6.31. The summed E-state index contributed by atoms with van der Waals surface area (Å²) in [7, 11) is 1.71. The van der Waals surface area contributed by atoms with Crippen LogP contribution in [0.5, 0.6) is 5.75 Å². The number of rotatable bonds is 5. The van der Waals surface area contributed by atoms with E-state index in [1.807, 2.05) is 0 Å². The summed E-state index contributed by atoms with van der Waals surface area (Å²) in [6.07, 6.45) is 6.85. The van der Waals surface area contributed by atoms with Gasteiger partial charge in [0.05, 0.1) is 7.11 Å². The van der Waals surface area contributed by atoms with Gasteiger partial charge in [0.25, 0.3) is 0 Å². The highest BCUT2D eigenvalue weighted by molar-refractivity contribution is 5.35. The Morgan fingerprint density at radius 1 is 1.18 bits per heavy atom.